The number of amides is 2. The summed E-state index contributed by atoms with van der Waals surface area (Å²) in [4.78, 5) is 28.8. The summed E-state index contributed by atoms with van der Waals surface area (Å²) < 4.78 is 6.44. The van der Waals surface area contributed by atoms with E-state index in [0.717, 1.165) is 23.0 Å². The molecule has 1 atom stereocenters. The lowest BCUT2D eigenvalue weighted by Gasteiger charge is -2.14. The molecular weight excluding hydrogens is 433 g/mol. The number of anilines is 1. The molecule has 1 aliphatic rings. The Morgan fingerprint density at radius 1 is 1.28 bits per heavy atom. The first-order chi connectivity index (χ1) is 12.1. The van der Waals surface area contributed by atoms with Crippen LogP contribution < -0.4 is 10.6 Å². The number of ether oxygens (including phenoxy) is 1. The lowest BCUT2D eigenvalue weighted by atomic mass is 10.1. The van der Waals surface area contributed by atoms with Gasteiger partial charge in [0.25, 0.3) is 11.8 Å². The Labute approximate surface area is 159 Å². The first-order valence-corrected chi connectivity index (χ1v) is 9.12. The zero-order chi connectivity index (χ0) is 17.6. The van der Waals surface area contributed by atoms with Crippen molar-refractivity contribution in [1.82, 2.24) is 10.3 Å². The molecule has 0 saturated carbocycles. The number of halogens is 1. The summed E-state index contributed by atoms with van der Waals surface area (Å²) >= 11 is 2.14. The Morgan fingerprint density at radius 3 is 2.88 bits per heavy atom. The maximum atomic E-state index is 12.6. The van der Waals surface area contributed by atoms with Crippen LogP contribution in [0.3, 0.4) is 0 Å². The Hall–Kier alpha value is -2.00. The summed E-state index contributed by atoms with van der Waals surface area (Å²) in [5.74, 6) is -0.530. The zero-order valence-corrected chi connectivity index (χ0v) is 15.7. The van der Waals surface area contributed by atoms with Crippen molar-refractivity contribution in [3.63, 3.8) is 0 Å². The van der Waals surface area contributed by atoms with Crippen molar-refractivity contribution in [3.8, 4) is 0 Å². The maximum Gasteiger partial charge on any atom is 0.257 e. The molecule has 6 nitrogen and oxygen atoms in total. The van der Waals surface area contributed by atoms with Gasteiger partial charge in [-0.15, -0.1) is 0 Å². The predicted octanol–water partition coefficient (Wildman–Crippen LogP) is 2.85. The van der Waals surface area contributed by atoms with Crippen LogP contribution in [0.4, 0.5) is 5.69 Å². The summed E-state index contributed by atoms with van der Waals surface area (Å²) in [5.41, 5.74) is 1.34. The molecule has 3 rings (SSSR count). The number of hydrogen-bond acceptors (Lipinski definition) is 4. The largest absolute Gasteiger partial charge is 0.376 e. The predicted molar refractivity (Wildman–Crippen MR) is 103 cm³/mol. The number of rotatable bonds is 5. The number of hydrogen-bond donors (Lipinski definition) is 2. The van der Waals surface area contributed by atoms with E-state index in [1.807, 2.05) is 6.07 Å². The Morgan fingerprint density at radius 2 is 2.16 bits per heavy atom. The molecule has 2 amide bonds. The van der Waals surface area contributed by atoms with Crippen molar-refractivity contribution < 1.29 is 14.3 Å². The second kappa shape index (κ2) is 8.39. The van der Waals surface area contributed by atoms with E-state index in [-0.39, 0.29) is 17.9 Å². The van der Waals surface area contributed by atoms with Crippen molar-refractivity contribution in [3.05, 3.63) is 57.4 Å². The zero-order valence-electron chi connectivity index (χ0n) is 13.5. The minimum absolute atomic E-state index is 0.0696. The van der Waals surface area contributed by atoms with Crippen LogP contribution in [0.25, 0.3) is 0 Å². The molecule has 2 N–H and O–H groups in total. The molecule has 2 heterocycles. The molecule has 1 fully saturated rings. The fourth-order valence-electron chi connectivity index (χ4n) is 2.61. The van der Waals surface area contributed by atoms with Gasteiger partial charge in [0.1, 0.15) is 0 Å². The molecule has 2 aromatic rings. The third-order valence-electron chi connectivity index (χ3n) is 3.91. The first kappa shape index (κ1) is 17.8. The van der Waals surface area contributed by atoms with E-state index in [9.17, 15) is 9.59 Å². The van der Waals surface area contributed by atoms with Crippen LogP contribution in [-0.4, -0.2) is 36.1 Å². The topological polar surface area (TPSA) is 80.3 Å². The van der Waals surface area contributed by atoms with Crippen molar-refractivity contribution in [1.29, 1.82) is 0 Å². The summed E-state index contributed by atoms with van der Waals surface area (Å²) in [6.07, 6.45) is 5.14. The van der Waals surface area contributed by atoms with E-state index in [0.29, 0.717) is 23.4 Å². The number of aromatic nitrogens is 1. The molecule has 0 unspecified atom stereocenters. The highest BCUT2D eigenvalue weighted by atomic mass is 127. The fourth-order valence-corrected chi connectivity index (χ4v) is 3.10. The molecule has 0 bridgehead atoms. The molecule has 1 aromatic heterocycles. The Balaban J connectivity index is 1.73. The van der Waals surface area contributed by atoms with E-state index in [1.54, 1.807) is 30.5 Å². The van der Waals surface area contributed by atoms with Gasteiger partial charge in [-0.3, -0.25) is 14.6 Å². The monoisotopic (exact) mass is 451 g/mol. The van der Waals surface area contributed by atoms with E-state index in [2.05, 4.69) is 38.2 Å². The van der Waals surface area contributed by atoms with Crippen LogP contribution in [0.2, 0.25) is 0 Å². The van der Waals surface area contributed by atoms with Crippen LogP contribution in [0, 0.1) is 3.57 Å². The molecule has 0 radical (unpaired) electrons. The summed E-state index contributed by atoms with van der Waals surface area (Å²) in [7, 11) is 0. The average molecular weight is 451 g/mol. The number of carbonyl (C=O) groups excluding carboxylic acids is 2. The van der Waals surface area contributed by atoms with Crippen LogP contribution in [-0.2, 0) is 4.74 Å². The van der Waals surface area contributed by atoms with Gasteiger partial charge in [0.05, 0.1) is 22.9 Å². The standard InChI is InChI=1S/C18H18IN3O3/c19-13-5-6-16(22-17(23)12-3-1-7-20-10-12)15(9-13)18(24)21-11-14-4-2-8-25-14/h1,3,5-7,9-10,14H,2,4,8,11H2,(H,21,24)(H,22,23)/t14-/m1/s1. The first-order valence-electron chi connectivity index (χ1n) is 8.04. The van der Waals surface area contributed by atoms with Gasteiger partial charge in [-0.25, -0.2) is 0 Å². The SMILES string of the molecule is O=C(Nc1ccc(I)cc1C(=O)NC[C@H]1CCCO1)c1cccnc1. The molecule has 25 heavy (non-hydrogen) atoms. The number of carbonyl (C=O) groups is 2. The third kappa shape index (κ3) is 4.76. The van der Waals surface area contributed by atoms with Gasteiger partial charge in [0.15, 0.2) is 0 Å². The quantitative estimate of drug-likeness (QED) is 0.686. The van der Waals surface area contributed by atoms with Crippen LogP contribution in [0.15, 0.2) is 42.7 Å². The summed E-state index contributed by atoms with van der Waals surface area (Å²) in [5, 5.41) is 5.68. The van der Waals surface area contributed by atoms with Crippen LogP contribution in [0.5, 0.6) is 0 Å². The molecule has 1 saturated heterocycles. The van der Waals surface area contributed by atoms with E-state index < -0.39 is 0 Å². The highest BCUT2D eigenvalue weighted by Gasteiger charge is 2.19. The minimum atomic E-state index is -0.303. The molecule has 1 aliphatic heterocycles. The van der Waals surface area contributed by atoms with Crippen molar-refractivity contribution in [2.24, 2.45) is 0 Å². The number of nitrogens with one attached hydrogen (secondary N) is 2. The number of pyridine rings is 1. The maximum absolute atomic E-state index is 12.6. The van der Waals surface area contributed by atoms with Crippen LogP contribution >= 0.6 is 22.6 Å². The molecule has 0 spiro atoms. The normalized spacial score (nSPS) is 16.4. The van der Waals surface area contributed by atoms with Crippen molar-refractivity contribution in [2.45, 2.75) is 18.9 Å². The van der Waals surface area contributed by atoms with Crippen molar-refractivity contribution in [2.75, 3.05) is 18.5 Å². The summed E-state index contributed by atoms with van der Waals surface area (Å²) in [6.45, 7) is 1.22. The molecule has 0 aliphatic carbocycles. The Kier molecular flexibility index (Phi) is 5.98. The molecule has 7 heteroatoms. The molecule has 130 valence electrons. The summed E-state index contributed by atoms with van der Waals surface area (Å²) in [6, 6.07) is 8.70. The van der Waals surface area contributed by atoms with Crippen molar-refractivity contribution >= 4 is 40.1 Å². The van der Waals surface area contributed by atoms with Gasteiger partial charge in [0, 0.05) is 29.1 Å². The second-order valence-corrected chi connectivity index (χ2v) is 6.98. The fraction of sp³-hybridized carbons (Fsp3) is 0.278. The van der Waals surface area contributed by atoms with Gasteiger partial charge < -0.3 is 15.4 Å². The van der Waals surface area contributed by atoms with Gasteiger partial charge >= 0.3 is 0 Å². The van der Waals surface area contributed by atoms with Gasteiger partial charge in [0.2, 0.25) is 0 Å². The van der Waals surface area contributed by atoms with Crippen LogP contribution in [0.1, 0.15) is 33.6 Å². The molecular formula is C18H18IN3O3. The smallest absolute Gasteiger partial charge is 0.257 e. The second-order valence-electron chi connectivity index (χ2n) is 5.73. The molecule has 1 aromatic carbocycles. The lowest BCUT2D eigenvalue weighted by Crippen LogP contribution is -2.32. The highest BCUT2D eigenvalue weighted by molar-refractivity contribution is 14.1. The van der Waals surface area contributed by atoms with Gasteiger partial charge in [-0.1, -0.05) is 0 Å². The average Bonchev–Trinajstić information content (AvgIpc) is 3.15. The van der Waals surface area contributed by atoms with E-state index >= 15 is 0 Å². The minimum Gasteiger partial charge on any atom is -0.376 e. The van der Waals surface area contributed by atoms with Gasteiger partial charge in [-0.2, -0.15) is 0 Å². The van der Waals surface area contributed by atoms with E-state index in [4.69, 9.17) is 4.74 Å². The Bertz CT molecular complexity index is 761. The van der Waals surface area contributed by atoms with E-state index in [1.165, 1.54) is 6.20 Å². The number of nitrogens with zero attached hydrogens (tertiary/aromatic N) is 1. The highest BCUT2D eigenvalue weighted by Crippen LogP contribution is 2.20. The van der Waals surface area contributed by atoms with Gasteiger partial charge in [-0.05, 0) is 65.8 Å². The third-order valence-corrected chi connectivity index (χ3v) is 4.58. The lowest BCUT2D eigenvalue weighted by molar-refractivity contribution is 0.0858. The number of benzene rings is 1.